The first-order chi connectivity index (χ1) is 16.8. The Morgan fingerprint density at radius 2 is 1.77 bits per heavy atom. The first kappa shape index (κ1) is 22.3. The third-order valence-electron chi connectivity index (χ3n) is 6.23. The highest BCUT2D eigenvalue weighted by Gasteiger charge is 2.48. The van der Waals surface area contributed by atoms with Crippen molar-refractivity contribution < 1.29 is 23.8 Å². The number of H-pyrrole nitrogens is 1. The van der Waals surface area contributed by atoms with Gasteiger partial charge in [-0.25, -0.2) is 9.37 Å². The van der Waals surface area contributed by atoms with Crippen LogP contribution in [0.4, 0.5) is 10.3 Å². The number of methoxy groups -OCH3 is 1. The van der Waals surface area contributed by atoms with E-state index in [-0.39, 0.29) is 17.3 Å². The number of rotatable bonds is 4. The highest BCUT2D eigenvalue weighted by molar-refractivity contribution is 6.51. The monoisotopic (exact) mass is 471 g/mol. The average molecular weight is 471 g/mol. The summed E-state index contributed by atoms with van der Waals surface area (Å²) in [5, 5.41) is 11.4. The number of ether oxygens (including phenoxy) is 1. The molecule has 2 N–H and O–H groups in total. The molecule has 0 spiro atoms. The molecule has 0 aliphatic carbocycles. The lowest BCUT2D eigenvalue weighted by molar-refractivity contribution is -0.132. The van der Waals surface area contributed by atoms with Crippen LogP contribution in [0.15, 0.2) is 66.2 Å². The number of aliphatic hydroxyl groups is 1. The van der Waals surface area contributed by atoms with Crippen LogP contribution >= 0.6 is 0 Å². The minimum absolute atomic E-state index is 0.102. The number of hydrogen-bond donors (Lipinski definition) is 2. The Kier molecular flexibility index (Phi) is 5.36. The zero-order valence-corrected chi connectivity index (χ0v) is 19.3. The normalized spacial score (nSPS) is 17.4. The van der Waals surface area contributed by atoms with Gasteiger partial charge in [-0.05, 0) is 66.9 Å². The van der Waals surface area contributed by atoms with E-state index in [0.29, 0.717) is 33.5 Å². The molecular weight excluding hydrogens is 449 g/mol. The Bertz CT molecular complexity index is 1490. The summed E-state index contributed by atoms with van der Waals surface area (Å²) < 4.78 is 19.1. The van der Waals surface area contributed by atoms with Crippen LogP contribution in [0.5, 0.6) is 5.75 Å². The molecule has 1 saturated heterocycles. The second-order valence-electron chi connectivity index (χ2n) is 8.43. The molecule has 0 bridgehead atoms. The van der Waals surface area contributed by atoms with E-state index in [1.54, 1.807) is 38.3 Å². The number of nitrogens with zero attached hydrogens (tertiary/aromatic N) is 2. The van der Waals surface area contributed by atoms with Crippen molar-refractivity contribution in [2.45, 2.75) is 19.9 Å². The number of carbonyl (C=O) groups excluding carboxylic acids is 2. The maximum Gasteiger partial charge on any atom is 0.302 e. The minimum Gasteiger partial charge on any atom is -0.507 e. The van der Waals surface area contributed by atoms with Gasteiger partial charge >= 0.3 is 5.91 Å². The van der Waals surface area contributed by atoms with E-state index in [4.69, 9.17) is 4.74 Å². The fourth-order valence-electron chi connectivity index (χ4n) is 4.47. The quantitative estimate of drug-likeness (QED) is 0.249. The molecule has 1 fully saturated rings. The van der Waals surface area contributed by atoms with Gasteiger partial charge in [-0.2, -0.15) is 0 Å². The summed E-state index contributed by atoms with van der Waals surface area (Å²) in [6.45, 7) is 3.60. The number of para-hydroxylation sites is 2. The van der Waals surface area contributed by atoms with Crippen molar-refractivity contribution in [3.8, 4) is 5.75 Å². The van der Waals surface area contributed by atoms with E-state index in [2.05, 4.69) is 9.97 Å². The number of aryl methyl sites for hydroxylation is 2. The molecule has 1 aromatic heterocycles. The number of nitrogens with one attached hydrogen (secondary N) is 1. The van der Waals surface area contributed by atoms with Crippen LogP contribution in [-0.4, -0.2) is 33.9 Å². The van der Waals surface area contributed by atoms with Crippen LogP contribution in [0.2, 0.25) is 0 Å². The van der Waals surface area contributed by atoms with Crippen molar-refractivity contribution in [1.82, 2.24) is 9.97 Å². The third kappa shape index (κ3) is 3.63. The molecule has 2 heterocycles. The van der Waals surface area contributed by atoms with Gasteiger partial charge in [-0.3, -0.25) is 14.5 Å². The van der Waals surface area contributed by atoms with Gasteiger partial charge in [0.1, 0.15) is 17.3 Å². The molecule has 176 valence electrons. The number of ketones is 1. The number of Topliss-reactive ketones (excluding diaryl/α,β-unsaturated/α-hetero) is 1. The van der Waals surface area contributed by atoms with E-state index < -0.39 is 23.5 Å². The van der Waals surface area contributed by atoms with Gasteiger partial charge in [0.05, 0.1) is 29.8 Å². The summed E-state index contributed by atoms with van der Waals surface area (Å²) in [4.78, 5) is 35.4. The standard InChI is InChI=1S/C27H22FN3O4/c1-14-13-21(35-3)15(2)12-18(14)24(32)22-23(16-8-10-17(28)11-9-16)31(26(34)25(22)33)27-29-19-6-4-5-7-20(19)30-27/h4-13,23,32H,1-3H3,(H,29,30)/b24-22+. The summed E-state index contributed by atoms with van der Waals surface area (Å²) >= 11 is 0. The zero-order chi connectivity index (χ0) is 24.9. The molecule has 1 amide bonds. The molecule has 5 rings (SSSR count). The number of anilines is 1. The fourth-order valence-corrected chi connectivity index (χ4v) is 4.47. The Morgan fingerprint density at radius 3 is 2.46 bits per heavy atom. The molecule has 8 heteroatoms. The zero-order valence-electron chi connectivity index (χ0n) is 19.3. The summed E-state index contributed by atoms with van der Waals surface area (Å²) in [5.41, 5.74) is 3.47. The molecule has 1 unspecified atom stereocenters. The van der Waals surface area contributed by atoms with Crippen molar-refractivity contribution in [2.75, 3.05) is 12.0 Å². The van der Waals surface area contributed by atoms with Crippen molar-refractivity contribution in [1.29, 1.82) is 0 Å². The Labute approximate surface area is 200 Å². The molecule has 1 aliphatic heterocycles. The summed E-state index contributed by atoms with van der Waals surface area (Å²) in [6.07, 6.45) is 0. The van der Waals surface area contributed by atoms with Crippen molar-refractivity contribution in [3.05, 3.63) is 94.3 Å². The second kappa shape index (κ2) is 8.39. The van der Waals surface area contributed by atoms with Crippen LogP contribution in [0.1, 0.15) is 28.3 Å². The topological polar surface area (TPSA) is 95.5 Å². The number of imidazole rings is 1. The molecule has 4 aromatic rings. The number of aliphatic hydroxyl groups excluding tert-OH is 1. The minimum atomic E-state index is -1.02. The molecular formula is C27H22FN3O4. The number of aromatic nitrogens is 2. The number of halogens is 1. The highest BCUT2D eigenvalue weighted by atomic mass is 19.1. The number of hydrogen-bond acceptors (Lipinski definition) is 5. The van der Waals surface area contributed by atoms with Crippen molar-refractivity contribution in [3.63, 3.8) is 0 Å². The Hall–Kier alpha value is -4.46. The first-order valence-corrected chi connectivity index (χ1v) is 11.0. The average Bonchev–Trinajstić information content (AvgIpc) is 3.39. The van der Waals surface area contributed by atoms with Crippen molar-refractivity contribution in [2.24, 2.45) is 0 Å². The number of carbonyl (C=O) groups is 2. The van der Waals surface area contributed by atoms with Gasteiger partial charge in [-0.1, -0.05) is 24.3 Å². The van der Waals surface area contributed by atoms with Gasteiger partial charge in [0.15, 0.2) is 0 Å². The van der Waals surface area contributed by atoms with Gasteiger partial charge in [0.25, 0.3) is 5.78 Å². The molecule has 0 saturated carbocycles. The lowest BCUT2D eigenvalue weighted by Gasteiger charge is -2.23. The second-order valence-corrected chi connectivity index (χ2v) is 8.43. The molecule has 35 heavy (non-hydrogen) atoms. The third-order valence-corrected chi connectivity index (χ3v) is 6.23. The fraction of sp³-hybridized carbons (Fsp3) is 0.148. The lowest BCUT2D eigenvalue weighted by Crippen LogP contribution is -2.30. The van der Waals surface area contributed by atoms with E-state index in [0.717, 1.165) is 5.56 Å². The van der Waals surface area contributed by atoms with E-state index in [9.17, 15) is 19.1 Å². The van der Waals surface area contributed by atoms with Crippen LogP contribution in [0, 0.1) is 19.7 Å². The number of aromatic amines is 1. The van der Waals surface area contributed by atoms with Crippen LogP contribution in [-0.2, 0) is 9.59 Å². The van der Waals surface area contributed by atoms with Crippen LogP contribution in [0.3, 0.4) is 0 Å². The largest absolute Gasteiger partial charge is 0.507 e. The highest BCUT2D eigenvalue weighted by Crippen LogP contribution is 2.42. The van der Waals surface area contributed by atoms with Gasteiger partial charge in [0.2, 0.25) is 5.95 Å². The van der Waals surface area contributed by atoms with E-state index in [1.165, 1.54) is 29.2 Å². The summed E-state index contributed by atoms with van der Waals surface area (Å²) in [7, 11) is 1.55. The lowest BCUT2D eigenvalue weighted by atomic mass is 9.93. The SMILES string of the molecule is COc1cc(C)c(/C(O)=C2\C(=O)C(=O)N(c3nc4ccccc4[nH]3)C2c2ccc(F)cc2)cc1C. The van der Waals surface area contributed by atoms with Crippen LogP contribution < -0.4 is 9.64 Å². The van der Waals surface area contributed by atoms with E-state index >= 15 is 0 Å². The van der Waals surface area contributed by atoms with E-state index in [1.807, 2.05) is 19.1 Å². The smallest absolute Gasteiger partial charge is 0.302 e. The van der Waals surface area contributed by atoms with Gasteiger partial charge in [0, 0.05) is 5.56 Å². The Balaban J connectivity index is 1.75. The Morgan fingerprint density at radius 1 is 1.06 bits per heavy atom. The first-order valence-electron chi connectivity index (χ1n) is 11.0. The maximum absolute atomic E-state index is 13.7. The number of amides is 1. The van der Waals surface area contributed by atoms with Gasteiger partial charge in [-0.15, -0.1) is 0 Å². The molecule has 1 aliphatic rings. The summed E-state index contributed by atoms with van der Waals surface area (Å²) in [6, 6.07) is 15.1. The summed E-state index contributed by atoms with van der Waals surface area (Å²) in [5.74, 6) is -1.69. The van der Waals surface area contributed by atoms with Crippen molar-refractivity contribution >= 4 is 34.4 Å². The van der Waals surface area contributed by atoms with Crippen LogP contribution in [0.25, 0.3) is 16.8 Å². The molecule has 7 nitrogen and oxygen atoms in total. The molecule has 0 radical (unpaired) electrons. The van der Waals surface area contributed by atoms with Gasteiger partial charge < -0.3 is 14.8 Å². The molecule has 3 aromatic carbocycles. The number of benzene rings is 3. The predicted octanol–water partition coefficient (Wildman–Crippen LogP) is 4.95. The number of fused-ring (bicyclic) bond motifs is 1. The molecule has 1 atom stereocenters. The predicted molar refractivity (Wildman–Crippen MR) is 130 cm³/mol. The maximum atomic E-state index is 13.7.